The van der Waals surface area contributed by atoms with E-state index in [4.69, 9.17) is 9.47 Å². The summed E-state index contributed by atoms with van der Waals surface area (Å²) in [5.41, 5.74) is 3.84. The number of aromatic nitrogens is 3. The molecule has 0 saturated carbocycles. The smallest absolute Gasteiger partial charge is 0.288 e. The molecule has 172 valence electrons. The second-order valence-electron chi connectivity index (χ2n) is 8.05. The number of aryl methyl sites for hydroxylation is 2. The van der Waals surface area contributed by atoms with Gasteiger partial charge in [0.1, 0.15) is 23.2 Å². The van der Waals surface area contributed by atoms with E-state index in [1.165, 1.54) is 5.56 Å². The molecule has 0 unspecified atom stereocenters. The Morgan fingerprint density at radius 3 is 2.47 bits per heavy atom. The van der Waals surface area contributed by atoms with Gasteiger partial charge in [0.2, 0.25) is 6.29 Å². The lowest BCUT2D eigenvalue weighted by Crippen LogP contribution is -2.69. The van der Waals surface area contributed by atoms with Crippen LogP contribution in [-0.4, -0.2) is 77.5 Å². The van der Waals surface area contributed by atoms with Crippen LogP contribution in [0.4, 0.5) is 0 Å². The second kappa shape index (κ2) is 8.74. The average molecular weight is 445 g/mol. The van der Waals surface area contributed by atoms with Crippen molar-refractivity contribution in [2.24, 2.45) is 0 Å². The fourth-order valence-corrected chi connectivity index (χ4v) is 3.83. The van der Waals surface area contributed by atoms with Crippen molar-refractivity contribution in [2.45, 2.75) is 57.2 Å². The molecule has 1 saturated heterocycles. The summed E-state index contributed by atoms with van der Waals surface area (Å²) in [5, 5.41) is 59.5. The molecule has 4 rings (SSSR count). The summed E-state index contributed by atoms with van der Waals surface area (Å²) in [6, 6.07) is 11.4. The number of ether oxygens (including phenoxy) is 2. The lowest BCUT2D eigenvalue weighted by Gasteiger charge is -2.45. The van der Waals surface area contributed by atoms with Gasteiger partial charge in [-0.2, -0.15) is 0 Å². The van der Waals surface area contributed by atoms with Crippen LogP contribution in [0.1, 0.15) is 23.6 Å². The number of rotatable bonds is 6. The van der Waals surface area contributed by atoms with Crippen molar-refractivity contribution in [3.8, 4) is 5.75 Å². The Morgan fingerprint density at radius 1 is 1.12 bits per heavy atom. The van der Waals surface area contributed by atoms with E-state index in [0.29, 0.717) is 17.6 Å². The van der Waals surface area contributed by atoms with Gasteiger partial charge in [-0.05, 0) is 42.2 Å². The summed E-state index contributed by atoms with van der Waals surface area (Å²) in [5.74, 6) is -2.60. The molecule has 5 atom stereocenters. The molecule has 10 heteroatoms. The third-order valence-corrected chi connectivity index (χ3v) is 5.72. The monoisotopic (exact) mass is 445 g/mol. The number of aliphatic hydroxyl groups is 5. The average Bonchev–Trinajstić information content (AvgIpc) is 3.18. The minimum Gasteiger partial charge on any atom is -0.452 e. The third kappa shape index (κ3) is 3.96. The van der Waals surface area contributed by atoms with E-state index in [-0.39, 0.29) is 5.75 Å². The van der Waals surface area contributed by atoms with Crippen molar-refractivity contribution < 1.29 is 35.0 Å². The van der Waals surface area contributed by atoms with Crippen molar-refractivity contribution >= 4 is 11.0 Å². The topological polar surface area (TPSA) is 150 Å². The van der Waals surface area contributed by atoms with Crippen LogP contribution in [0.2, 0.25) is 0 Å². The van der Waals surface area contributed by atoms with Gasteiger partial charge in [-0.3, -0.25) is 0 Å². The van der Waals surface area contributed by atoms with E-state index in [1.807, 2.05) is 24.3 Å². The van der Waals surface area contributed by atoms with Gasteiger partial charge >= 0.3 is 0 Å². The predicted molar refractivity (Wildman–Crippen MR) is 113 cm³/mol. The summed E-state index contributed by atoms with van der Waals surface area (Å²) in [6.07, 6.45) is -6.02. The van der Waals surface area contributed by atoms with Crippen LogP contribution in [0.3, 0.4) is 0 Å². The first-order valence-electron chi connectivity index (χ1n) is 10.4. The van der Waals surface area contributed by atoms with Crippen molar-refractivity contribution in [2.75, 3.05) is 6.61 Å². The quantitative estimate of drug-likeness (QED) is 0.326. The van der Waals surface area contributed by atoms with Crippen molar-refractivity contribution in [1.29, 1.82) is 0 Å². The molecule has 0 aliphatic carbocycles. The molecule has 2 aromatic carbocycles. The molecule has 0 amide bonds. The van der Waals surface area contributed by atoms with Gasteiger partial charge in [0.05, 0.1) is 13.2 Å². The number of nitrogens with zero attached hydrogens (tertiary/aromatic N) is 3. The van der Waals surface area contributed by atoms with Gasteiger partial charge in [0, 0.05) is 0 Å². The van der Waals surface area contributed by atoms with E-state index in [9.17, 15) is 25.5 Å². The van der Waals surface area contributed by atoms with Crippen LogP contribution < -0.4 is 4.74 Å². The predicted octanol–water partition coefficient (Wildman–Crippen LogP) is -0.151. The molecular formula is C22H27N3O7. The maximum absolute atomic E-state index is 10.9. The van der Waals surface area contributed by atoms with Crippen LogP contribution >= 0.6 is 0 Å². The normalized spacial score (nSPS) is 28.2. The fourth-order valence-electron chi connectivity index (χ4n) is 3.83. The van der Waals surface area contributed by atoms with Crippen LogP contribution in [0.5, 0.6) is 5.75 Å². The van der Waals surface area contributed by atoms with E-state index in [1.54, 1.807) is 23.7 Å². The lowest BCUT2D eigenvalue weighted by atomic mass is 9.96. The van der Waals surface area contributed by atoms with Crippen LogP contribution in [0.15, 0.2) is 36.4 Å². The SMILES string of the molecule is CCc1ccc(Cn2nnc3cc(C)cc(O[C@]4(O)[C@H](O)O[C@H](CO)[C@@H](O)[C@@H]4O)c32)cc1. The maximum atomic E-state index is 10.9. The van der Waals surface area contributed by atoms with Crippen LogP contribution in [0, 0.1) is 6.92 Å². The zero-order chi connectivity index (χ0) is 23.0. The Balaban J connectivity index is 1.71. The summed E-state index contributed by atoms with van der Waals surface area (Å²) in [6.45, 7) is 3.58. The molecule has 1 aliphatic rings. The van der Waals surface area contributed by atoms with Crippen molar-refractivity contribution in [3.05, 3.63) is 53.1 Å². The summed E-state index contributed by atoms with van der Waals surface area (Å²) in [4.78, 5) is 0. The highest BCUT2D eigenvalue weighted by molar-refractivity contribution is 5.82. The molecule has 0 radical (unpaired) electrons. The largest absolute Gasteiger partial charge is 0.452 e. The summed E-state index contributed by atoms with van der Waals surface area (Å²) in [7, 11) is 0. The third-order valence-electron chi connectivity index (χ3n) is 5.72. The molecule has 1 fully saturated rings. The first-order valence-corrected chi connectivity index (χ1v) is 10.4. The molecule has 2 heterocycles. The number of benzene rings is 2. The van der Waals surface area contributed by atoms with Gasteiger partial charge in [-0.15, -0.1) is 5.10 Å². The van der Waals surface area contributed by atoms with Crippen molar-refractivity contribution in [3.63, 3.8) is 0 Å². The number of aliphatic hydroxyl groups excluding tert-OH is 4. The standard InChI is InChI=1S/C22H27N3O7/c1-3-13-4-6-14(7-5-13)10-25-18-15(23-24-25)8-12(2)9-16(18)32-22(30)20(28)19(27)17(11-26)31-21(22)29/h4-9,17,19-21,26-30H,3,10-11H2,1-2H3/t17-,19-,20+,21-,22+/m1/s1. The molecule has 0 spiro atoms. The van der Waals surface area contributed by atoms with E-state index in [0.717, 1.165) is 17.5 Å². The fraction of sp³-hybridized carbons (Fsp3) is 0.455. The first-order chi connectivity index (χ1) is 15.3. The molecule has 0 bridgehead atoms. The van der Waals surface area contributed by atoms with Gasteiger partial charge in [-0.1, -0.05) is 36.4 Å². The lowest BCUT2D eigenvalue weighted by molar-refractivity contribution is -0.385. The molecule has 5 N–H and O–H groups in total. The number of hydrogen-bond donors (Lipinski definition) is 5. The molecule has 1 aliphatic heterocycles. The zero-order valence-corrected chi connectivity index (χ0v) is 17.8. The molecule has 10 nitrogen and oxygen atoms in total. The van der Waals surface area contributed by atoms with Gasteiger partial charge < -0.3 is 35.0 Å². The van der Waals surface area contributed by atoms with Gasteiger partial charge in [0.25, 0.3) is 5.79 Å². The zero-order valence-electron chi connectivity index (χ0n) is 17.8. The van der Waals surface area contributed by atoms with Crippen LogP contribution in [0.25, 0.3) is 11.0 Å². The molecular weight excluding hydrogens is 418 g/mol. The molecule has 3 aromatic rings. The number of fused-ring (bicyclic) bond motifs is 1. The van der Waals surface area contributed by atoms with E-state index in [2.05, 4.69) is 17.2 Å². The minimum atomic E-state index is -2.69. The summed E-state index contributed by atoms with van der Waals surface area (Å²) < 4.78 is 12.3. The Hall–Kier alpha value is -2.60. The highest BCUT2D eigenvalue weighted by atomic mass is 16.7. The van der Waals surface area contributed by atoms with Crippen molar-refractivity contribution in [1.82, 2.24) is 15.0 Å². The molecule has 1 aromatic heterocycles. The summed E-state index contributed by atoms with van der Waals surface area (Å²) >= 11 is 0. The highest BCUT2D eigenvalue weighted by Gasteiger charge is 2.57. The Morgan fingerprint density at radius 2 is 1.81 bits per heavy atom. The van der Waals surface area contributed by atoms with E-state index >= 15 is 0 Å². The van der Waals surface area contributed by atoms with Crippen LogP contribution in [-0.2, 0) is 17.7 Å². The second-order valence-corrected chi connectivity index (χ2v) is 8.05. The maximum Gasteiger partial charge on any atom is 0.288 e. The minimum absolute atomic E-state index is 0.0917. The Kier molecular flexibility index (Phi) is 6.17. The number of hydrogen-bond acceptors (Lipinski definition) is 9. The van der Waals surface area contributed by atoms with E-state index < -0.39 is 37.0 Å². The Bertz CT molecular complexity index is 1090. The Labute approximate surface area is 184 Å². The van der Waals surface area contributed by atoms with Gasteiger partial charge in [-0.25, -0.2) is 4.68 Å². The highest BCUT2D eigenvalue weighted by Crippen LogP contribution is 2.35. The first kappa shape index (κ1) is 22.6. The van der Waals surface area contributed by atoms with Gasteiger partial charge in [0.15, 0.2) is 11.9 Å². The molecule has 32 heavy (non-hydrogen) atoms.